The fraction of sp³-hybridized carbons (Fsp3) is 0.167. The van der Waals surface area contributed by atoms with Crippen molar-refractivity contribution in [3.8, 4) is 40.0 Å². The molecule has 0 radical (unpaired) electrons. The lowest BCUT2D eigenvalue weighted by molar-refractivity contribution is -0.274. The molecule has 3 rings (SSSR count). The minimum absolute atomic E-state index is 0.0478. The van der Waals surface area contributed by atoms with Crippen molar-refractivity contribution in [2.75, 3.05) is 0 Å². The molecule has 0 aliphatic rings. The first-order valence-corrected chi connectivity index (χ1v) is 8.16. The van der Waals surface area contributed by atoms with Gasteiger partial charge in [-0.05, 0) is 41.5 Å². The molecular weight excluding hydrogens is 437 g/mol. The van der Waals surface area contributed by atoms with Crippen molar-refractivity contribution in [2.45, 2.75) is 18.9 Å². The van der Waals surface area contributed by atoms with E-state index in [2.05, 4.69) is 24.9 Å². The summed E-state index contributed by atoms with van der Waals surface area (Å²) < 4.78 is 96.5. The number of nitrogens with zero attached hydrogens (tertiary/aromatic N) is 3. The van der Waals surface area contributed by atoms with Crippen LogP contribution in [0.4, 0.5) is 30.7 Å². The predicted molar refractivity (Wildman–Crippen MR) is 90.2 cm³/mol. The van der Waals surface area contributed by atoms with Crippen LogP contribution in [0.5, 0.6) is 11.5 Å². The van der Waals surface area contributed by atoms with Gasteiger partial charge in [-0.3, -0.25) is 0 Å². The number of hydrogen-bond acceptors (Lipinski definition) is 5. The van der Waals surface area contributed by atoms with E-state index in [9.17, 15) is 30.7 Å². The summed E-state index contributed by atoms with van der Waals surface area (Å²) in [6.07, 6.45) is -13.8. The zero-order chi connectivity index (χ0) is 22.8. The van der Waals surface area contributed by atoms with Crippen LogP contribution in [0.15, 0.2) is 42.5 Å². The Bertz CT molecular complexity index is 1110. The van der Waals surface area contributed by atoms with Crippen molar-refractivity contribution in [3.05, 3.63) is 48.2 Å². The molecule has 0 fully saturated rings. The highest BCUT2D eigenvalue weighted by Crippen LogP contribution is 2.35. The van der Waals surface area contributed by atoms with Crippen molar-refractivity contribution in [2.24, 2.45) is 0 Å². The third-order valence-electron chi connectivity index (χ3n) is 3.77. The SMILES string of the molecule is N#Cc1[nH]nnc1-c1cc(OC(F)(F)F)cc(-c2ccc(OC(F)(F)C(F)F)cc2)c1. The van der Waals surface area contributed by atoms with Crippen LogP contribution < -0.4 is 9.47 Å². The molecule has 162 valence electrons. The Morgan fingerprint density at radius 1 is 0.871 bits per heavy atom. The van der Waals surface area contributed by atoms with Gasteiger partial charge in [0.15, 0.2) is 5.69 Å². The molecule has 3 aromatic rings. The molecule has 0 unspecified atom stereocenters. The zero-order valence-electron chi connectivity index (χ0n) is 14.9. The van der Waals surface area contributed by atoms with Crippen LogP contribution in [0.1, 0.15) is 5.69 Å². The average molecular weight is 446 g/mol. The molecule has 1 N–H and O–H groups in total. The third kappa shape index (κ3) is 5.21. The van der Waals surface area contributed by atoms with Crippen molar-refractivity contribution in [1.29, 1.82) is 5.26 Å². The topological polar surface area (TPSA) is 83.8 Å². The molecule has 31 heavy (non-hydrogen) atoms. The molecule has 0 bridgehead atoms. The van der Waals surface area contributed by atoms with E-state index in [0.717, 1.165) is 24.3 Å². The Kier molecular flexibility index (Phi) is 5.74. The van der Waals surface area contributed by atoms with E-state index in [1.54, 1.807) is 6.07 Å². The molecule has 1 aromatic heterocycles. The monoisotopic (exact) mass is 446 g/mol. The van der Waals surface area contributed by atoms with Crippen LogP contribution in [-0.4, -0.2) is 34.3 Å². The number of hydrogen-bond donors (Lipinski definition) is 1. The first-order chi connectivity index (χ1) is 14.5. The quantitative estimate of drug-likeness (QED) is 0.530. The number of benzene rings is 2. The highest BCUT2D eigenvalue weighted by atomic mass is 19.4. The summed E-state index contributed by atoms with van der Waals surface area (Å²) in [5.41, 5.74) is 0.215. The summed E-state index contributed by atoms with van der Waals surface area (Å²) in [5.74, 6) is -1.23. The second-order valence-corrected chi connectivity index (χ2v) is 5.93. The normalized spacial score (nSPS) is 12.0. The second-order valence-electron chi connectivity index (χ2n) is 5.93. The Labute approximate surface area is 168 Å². The first-order valence-electron chi connectivity index (χ1n) is 8.16. The molecule has 0 amide bonds. The molecular formula is C18H9F7N4O2. The smallest absolute Gasteiger partial charge is 0.428 e. The van der Waals surface area contributed by atoms with Gasteiger partial charge in [-0.1, -0.05) is 17.3 Å². The van der Waals surface area contributed by atoms with E-state index in [1.165, 1.54) is 18.2 Å². The Hall–Kier alpha value is -3.82. The lowest BCUT2D eigenvalue weighted by atomic mass is 10.0. The second kappa shape index (κ2) is 8.13. The van der Waals surface area contributed by atoms with Crippen molar-refractivity contribution in [3.63, 3.8) is 0 Å². The van der Waals surface area contributed by atoms with Gasteiger partial charge < -0.3 is 9.47 Å². The van der Waals surface area contributed by atoms with Gasteiger partial charge in [0.2, 0.25) is 0 Å². The summed E-state index contributed by atoms with van der Waals surface area (Å²) >= 11 is 0. The summed E-state index contributed by atoms with van der Waals surface area (Å²) in [6, 6.07) is 9.31. The van der Waals surface area contributed by atoms with Crippen molar-refractivity contribution < 1.29 is 40.2 Å². The summed E-state index contributed by atoms with van der Waals surface area (Å²) in [5, 5.41) is 18.4. The summed E-state index contributed by atoms with van der Waals surface area (Å²) in [6.45, 7) is 0. The first kappa shape index (κ1) is 21.9. The number of alkyl halides is 7. The molecule has 13 heteroatoms. The number of nitrogens with one attached hydrogen (secondary N) is 1. The predicted octanol–water partition coefficient (Wildman–Crippen LogP) is 5.15. The number of halogens is 7. The van der Waals surface area contributed by atoms with E-state index in [4.69, 9.17) is 5.26 Å². The summed E-state index contributed by atoms with van der Waals surface area (Å²) in [4.78, 5) is 0. The number of ether oxygens (including phenoxy) is 2. The standard InChI is InChI=1S/C18H9F7N4O2/c19-16(20)17(21,22)30-12-3-1-9(2-4-12)10-5-11(15-14(8-26)27-29-28-15)7-13(6-10)31-18(23,24)25/h1-7,16H,(H,27,28,29). The number of H-pyrrole nitrogens is 1. The minimum atomic E-state index is -5.02. The molecule has 0 saturated carbocycles. The Morgan fingerprint density at radius 2 is 1.52 bits per heavy atom. The van der Waals surface area contributed by atoms with Crippen LogP contribution in [0, 0.1) is 11.3 Å². The van der Waals surface area contributed by atoms with Gasteiger partial charge in [0.25, 0.3) is 0 Å². The van der Waals surface area contributed by atoms with Gasteiger partial charge >= 0.3 is 18.9 Å². The Morgan fingerprint density at radius 3 is 2.10 bits per heavy atom. The largest absolute Gasteiger partial charge is 0.573 e. The van der Waals surface area contributed by atoms with Gasteiger partial charge in [-0.25, -0.2) is 5.10 Å². The molecule has 0 spiro atoms. The fourth-order valence-electron chi connectivity index (χ4n) is 2.52. The highest BCUT2D eigenvalue weighted by Gasteiger charge is 2.43. The molecule has 1 heterocycles. The number of nitriles is 1. The molecule has 0 aliphatic heterocycles. The minimum Gasteiger partial charge on any atom is -0.428 e. The van der Waals surface area contributed by atoms with E-state index < -0.39 is 30.4 Å². The lowest BCUT2D eigenvalue weighted by Crippen LogP contribution is -2.33. The maximum Gasteiger partial charge on any atom is 0.573 e. The van der Waals surface area contributed by atoms with E-state index in [-0.39, 0.29) is 28.1 Å². The van der Waals surface area contributed by atoms with Gasteiger partial charge in [0.05, 0.1) is 0 Å². The van der Waals surface area contributed by atoms with Gasteiger partial charge in [0, 0.05) is 5.56 Å². The molecule has 0 aliphatic carbocycles. The Balaban J connectivity index is 2.01. The average Bonchev–Trinajstić information content (AvgIpc) is 3.15. The number of aromatic amines is 1. The number of aromatic nitrogens is 3. The van der Waals surface area contributed by atoms with Crippen LogP contribution >= 0.6 is 0 Å². The van der Waals surface area contributed by atoms with Crippen LogP contribution in [-0.2, 0) is 0 Å². The van der Waals surface area contributed by atoms with Crippen LogP contribution in [0.25, 0.3) is 22.4 Å². The lowest BCUT2D eigenvalue weighted by Gasteiger charge is -2.17. The zero-order valence-corrected chi connectivity index (χ0v) is 14.9. The van der Waals surface area contributed by atoms with Crippen molar-refractivity contribution in [1.82, 2.24) is 15.4 Å². The maximum atomic E-state index is 13.0. The van der Waals surface area contributed by atoms with Crippen molar-refractivity contribution >= 4 is 0 Å². The van der Waals surface area contributed by atoms with Crippen LogP contribution in [0.3, 0.4) is 0 Å². The number of rotatable bonds is 6. The van der Waals surface area contributed by atoms with Gasteiger partial charge in [0.1, 0.15) is 23.3 Å². The van der Waals surface area contributed by atoms with Gasteiger partial charge in [-0.15, -0.1) is 18.3 Å². The molecule has 6 nitrogen and oxygen atoms in total. The van der Waals surface area contributed by atoms with E-state index in [1.807, 2.05) is 0 Å². The fourth-order valence-corrected chi connectivity index (χ4v) is 2.52. The van der Waals surface area contributed by atoms with E-state index >= 15 is 0 Å². The highest BCUT2D eigenvalue weighted by molar-refractivity contribution is 5.75. The molecule has 2 aromatic carbocycles. The third-order valence-corrected chi connectivity index (χ3v) is 3.77. The maximum absolute atomic E-state index is 13.0. The van der Waals surface area contributed by atoms with E-state index in [0.29, 0.717) is 0 Å². The molecule has 0 atom stereocenters. The molecule has 0 saturated heterocycles. The van der Waals surface area contributed by atoms with Crippen LogP contribution in [0.2, 0.25) is 0 Å². The summed E-state index contributed by atoms with van der Waals surface area (Å²) in [7, 11) is 0. The van der Waals surface area contributed by atoms with Gasteiger partial charge in [-0.2, -0.15) is 22.8 Å².